The summed E-state index contributed by atoms with van der Waals surface area (Å²) < 4.78 is 1.59. The fraction of sp³-hybridized carbons (Fsp3) is 0.286. The molecule has 1 amide bonds. The van der Waals surface area contributed by atoms with Crippen molar-refractivity contribution in [2.75, 3.05) is 6.61 Å². The van der Waals surface area contributed by atoms with Crippen molar-refractivity contribution in [1.82, 2.24) is 15.1 Å². The molecule has 1 unspecified atom stereocenters. The van der Waals surface area contributed by atoms with E-state index < -0.39 is 0 Å². The lowest BCUT2D eigenvalue weighted by Gasteiger charge is -2.10. The van der Waals surface area contributed by atoms with Gasteiger partial charge in [-0.15, -0.1) is 0 Å². The van der Waals surface area contributed by atoms with E-state index in [1.54, 1.807) is 29.1 Å². The standard InChI is InChI=1S/C14H16ClN3O2/c1-10(6-8-19)16-14(20)13-5-7-18(17-13)12-4-2-3-11(15)9-12/h2-5,7,9-10,19H,6,8H2,1H3,(H,16,20). The topological polar surface area (TPSA) is 67.2 Å². The third kappa shape index (κ3) is 3.59. The van der Waals surface area contributed by atoms with E-state index in [0.717, 1.165) is 5.69 Å². The molecule has 0 spiro atoms. The predicted octanol–water partition coefficient (Wildman–Crippen LogP) is 2.03. The Morgan fingerprint density at radius 2 is 2.30 bits per heavy atom. The SMILES string of the molecule is CC(CCO)NC(=O)c1ccn(-c2cccc(Cl)c2)n1. The van der Waals surface area contributed by atoms with Crippen LogP contribution in [0.3, 0.4) is 0 Å². The second-order valence-electron chi connectivity index (χ2n) is 4.51. The van der Waals surface area contributed by atoms with Crippen LogP contribution in [0.15, 0.2) is 36.5 Å². The van der Waals surface area contributed by atoms with E-state index >= 15 is 0 Å². The van der Waals surface area contributed by atoms with Gasteiger partial charge in [0.25, 0.3) is 5.91 Å². The molecule has 0 aliphatic rings. The zero-order valence-corrected chi connectivity index (χ0v) is 11.8. The number of carbonyl (C=O) groups excluding carboxylic acids is 1. The first-order chi connectivity index (χ1) is 9.60. The van der Waals surface area contributed by atoms with Crippen molar-refractivity contribution in [1.29, 1.82) is 0 Å². The fourth-order valence-electron chi connectivity index (χ4n) is 1.77. The summed E-state index contributed by atoms with van der Waals surface area (Å²) in [4.78, 5) is 11.9. The van der Waals surface area contributed by atoms with Crippen LogP contribution < -0.4 is 5.32 Å². The molecular formula is C14H16ClN3O2. The number of halogens is 1. The Balaban J connectivity index is 2.11. The van der Waals surface area contributed by atoms with Crippen LogP contribution in [0.25, 0.3) is 5.69 Å². The smallest absolute Gasteiger partial charge is 0.271 e. The number of rotatable bonds is 5. The summed E-state index contributed by atoms with van der Waals surface area (Å²) in [6.45, 7) is 1.88. The minimum atomic E-state index is -0.258. The first kappa shape index (κ1) is 14.6. The summed E-state index contributed by atoms with van der Waals surface area (Å²) in [5.74, 6) is -0.258. The second kappa shape index (κ2) is 6.54. The normalized spacial score (nSPS) is 12.2. The van der Waals surface area contributed by atoms with Crippen LogP contribution in [0.4, 0.5) is 0 Å². The Labute approximate surface area is 122 Å². The third-order valence-electron chi connectivity index (χ3n) is 2.83. The van der Waals surface area contributed by atoms with Crippen molar-refractivity contribution in [2.45, 2.75) is 19.4 Å². The molecule has 0 saturated heterocycles. The number of hydrogen-bond acceptors (Lipinski definition) is 3. The maximum absolute atomic E-state index is 11.9. The number of amides is 1. The molecule has 0 bridgehead atoms. The summed E-state index contributed by atoms with van der Waals surface area (Å²) in [6, 6.07) is 8.77. The number of benzene rings is 1. The monoisotopic (exact) mass is 293 g/mol. The molecule has 1 aromatic heterocycles. The van der Waals surface area contributed by atoms with Crippen molar-refractivity contribution in [3.8, 4) is 5.69 Å². The lowest BCUT2D eigenvalue weighted by Crippen LogP contribution is -2.33. The Morgan fingerprint density at radius 1 is 1.50 bits per heavy atom. The van der Waals surface area contributed by atoms with Crippen LogP contribution >= 0.6 is 11.6 Å². The van der Waals surface area contributed by atoms with Crippen LogP contribution in [0.1, 0.15) is 23.8 Å². The molecule has 6 heteroatoms. The molecule has 2 N–H and O–H groups in total. The minimum Gasteiger partial charge on any atom is -0.396 e. The molecule has 2 aromatic rings. The lowest BCUT2D eigenvalue weighted by molar-refractivity contribution is 0.0929. The van der Waals surface area contributed by atoms with Crippen molar-refractivity contribution < 1.29 is 9.90 Å². The molecule has 0 saturated carbocycles. The number of nitrogens with zero attached hydrogens (tertiary/aromatic N) is 2. The highest BCUT2D eigenvalue weighted by atomic mass is 35.5. The zero-order valence-electron chi connectivity index (χ0n) is 11.1. The average molecular weight is 294 g/mol. The molecule has 20 heavy (non-hydrogen) atoms. The van der Waals surface area contributed by atoms with Gasteiger partial charge < -0.3 is 10.4 Å². The van der Waals surface area contributed by atoms with E-state index in [2.05, 4.69) is 10.4 Å². The van der Waals surface area contributed by atoms with Gasteiger partial charge in [0.15, 0.2) is 5.69 Å². The van der Waals surface area contributed by atoms with E-state index in [1.165, 1.54) is 0 Å². The number of aliphatic hydroxyl groups excluding tert-OH is 1. The Bertz CT molecular complexity index is 598. The largest absolute Gasteiger partial charge is 0.396 e. The lowest BCUT2D eigenvalue weighted by atomic mass is 10.2. The maximum Gasteiger partial charge on any atom is 0.271 e. The van der Waals surface area contributed by atoms with Crippen molar-refractivity contribution in [3.05, 3.63) is 47.2 Å². The van der Waals surface area contributed by atoms with Crippen molar-refractivity contribution in [2.24, 2.45) is 0 Å². The molecule has 0 aliphatic carbocycles. The van der Waals surface area contributed by atoms with Crippen molar-refractivity contribution in [3.63, 3.8) is 0 Å². The molecule has 5 nitrogen and oxygen atoms in total. The van der Waals surface area contributed by atoms with Crippen LogP contribution in [0.2, 0.25) is 5.02 Å². The summed E-state index contributed by atoms with van der Waals surface area (Å²) in [5, 5.41) is 16.4. The zero-order chi connectivity index (χ0) is 14.5. The summed E-state index contributed by atoms with van der Waals surface area (Å²) in [5.41, 5.74) is 1.12. The summed E-state index contributed by atoms with van der Waals surface area (Å²) in [6.07, 6.45) is 2.22. The number of hydrogen-bond donors (Lipinski definition) is 2. The van der Waals surface area contributed by atoms with Gasteiger partial charge in [-0.05, 0) is 37.6 Å². The number of aromatic nitrogens is 2. The molecular weight excluding hydrogens is 278 g/mol. The van der Waals surface area contributed by atoms with Gasteiger partial charge in [0.05, 0.1) is 5.69 Å². The quantitative estimate of drug-likeness (QED) is 0.886. The van der Waals surface area contributed by atoms with Gasteiger partial charge in [-0.1, -0.05) is 17.7 Å². The average Bonchev–Trinajstić information content (AvgIpc) is 2.88. The van der Waals surface area contributed by atoms with Gasteiger partial charge in [0, 0.05) is 23.9 Å². The van der Waals surface area contributed by atoms with Gasteiger partial charge in [-0.25, -0.2) is 4.68 Å². The molecule has 1 heterocycles. The molecule has 1 aromatic carbocycles. The number of nitrogens with one attached hydrogen (secondary N) is 1. The second-order valence-corrected chi connectivity index (χ2v) is 4.95. The van der Waals surface area contributed by atoms with Crippen LogP contribution in [-0.2, 0) is 0 Å². The molecule has 106 valence electrons. The molecule has 2 rings (SSSR count). The fourth-order valence-corrected chi connectivity index (χ4v) is 1.96. The minimum absolute atomic E-state index is 0.0401. The first-order valence-electron chi connectivity index (χ1n) is 6.33. The first-order valence-corrected chi connectivity index (χ1v) is 6.71. The van der Waals surface area contributed by atoms with E-state index in [9.17, 15) is 4.79 Å². The summed E-state index contributed by atoms with van der Waals surface area (Å²) >= 11 is 5.92. The van der Waals surface area contributed by atoms with Gasteiger partial charge in [0.1, 0.15) is 0 Å². The van der Waals surface area contributed by atoms with Crippen LogP contribution in [0.5, 0.6) is 0 Å². The van der Waals surface area contributed by atoms with E-state index in [0.29, 0.717) is 17.1 Å². The Hall–Kier alpha value is -1.85. The van der Waals surface area contributed by atoms with Gasteiger partial charge in [-0.3, -0.25) is 4.79 Å². The van der Waals surface area contributed by atoms with Crippen LogP contribution in [0, 0.1) is 0 Å². The van der Waals surface area contributed by atoms with E-state index in [-0.39, 0.29) is 18.6 Å². The third-order valence-corrected chi connectivity index (χ3v) is 3.07. The summed E-state index contributed by atoms with van der Waals surface area (Å²) in [7, 11) is 0. The van der Waals surface area contributed by atoms with Gasteiger partial charge >= 0.3 is 0 Å². The molecule has 0 aliphatic heterocycles. The van der Waals surface area contributed by atoms with Crippen LogP contribution in [-0.4, -0.2) is 33.4 Å². The maximum atomic E-state index is 11.9. The number of aliphatic hydroxyl groups is 1. The van der Waals surface area contributed by atoms with E-state index in [4.69, 9.17) is 16.7 Å². The highest BCUT2D eigenvalue weighted by Gasteiger charge is 2.12. The Morgan fingerprint density at radius 3 is 3.00 bits per heavy atom. The van der Waals surface area contributed by atoms with Crippen molar-refractivity contribution >= 4 is 17.5 Å². The number of carbonyl (C=O) groups is 1. The molecule has 1 atom stereocenters. The van der Waals surface area contributed by atoms with Gasteiger partial charge in [-0.2, -0.15) is 5.10 Å². The molecule has 0 fully saturated rings. The highest BCUT2D eigenvalue weighted by Crippen LogP contribution is 2.14. The Kier molecular flexibility index (Phi) is 4.76. The predicted molar refractivity (Wildman–Crippen MR) is 77.2 cm³/mol. The van der Waals surface area contributed by atoms with Gasteiger partial charge in [0.2, 0.25) is 0 Å². The highest BCUT2D eigenvalue weighted by molar-refractivity contribution is 6.30. The van der Waals surface area contributed by atoms with E-state index in [1.807, 2.05) is 19.1 Å². The molecule has 0 radical (unpaired) electrons.